The van der Waals surface area contributed by atoms with E-state index in [9.17, 15) is 4.79 Å². The largest absolute Gasteiger partial charge is 0.341 e. The Morgan fingerprint density at radius 3 is 2.50 bits per heavy atom. The molecule has 1 heterocycles. The van der Waals surface area contributed by atoms with Crippen molar-refractivity contribution in [2.24, 2.45) is 17.1 Å². The Kier molecular flexibility index (Phi) is 3.20. The van der Waals surface area contributed by atoms with Crippen molar-refractivity contribution in [2.45, 2.75) is 40.2 Å². The Bertz CT molecular complexity index is 223. The van der Waals surface area contributed by atoms with E-state index in [0.29, 0.717) is 12.3 Å². The SMILES string of the molecule is CC(C)CC(=O)N1CC(N)C(C)(C)C1. The number of nitrogens with zero attached hydrogens (tertiary/aromatic N) is 1. The van der Waals surface area contributed by atoms with E-state index in [-0.39, 0.29) is 17.4 Å². The van der Waals surface area contributed by atoms with Gasteiger partial charge in [-0.3, -0.25) is 4.79 Å². The van der Waals surface area contributed by atoms with Gasteiger partial charge in [-0.05, 0) is 11.3 Å². The van der Waals surface area contributed by atoms with Gasteiger partial charge in [-0.1, -0.05) is 27.7 Å². The molecular weight excluding hydrogens is 176 g/mol. The Labute approximate surface area is 86.6 Å². The first kappa shape index (κ1) is 11.5. The van der Waals surface area contributed by atoms with E-state index in [4.69, 9.17) is 5.73 Å². The van der Waals surface area contributed by atoms with E-state index < -0.39 is 0 Å². The molecule has 1 fully saturated rings. The fraction of sp³-hybridized carbons (Fsp3) is 0.909. The van der Waals surface area contributed by atoms with Gasteiger partial charge in [0.25, 0.3) is 0 Å². The summed E-state index contributed by atoms with van der Waals surface area (Å²) in [5, 5.41) is 0. The second-order valence-corrected chi connectivity index (χ2v) is 5.47. The van der Waals surface area contributed by atoms with Crippen molar-refractivity contribution in [1.29, 1.82) is 0 Å². The fourth-order valence-corrected chi connectivity index (χ4v) is 1.83. The molecule has 0 saturated carbocycles. The maximum Gasteiger partial charge on any atom is 0.222 e. The van der Waals surface area contributed by atoms with Crippen LogP contribution in [0.25, 0.3) is 0 Å². The molecule has 82 valence electrons. The molecule has 1 amide bonds. The maximum atomic E-state index is 11.8. The summed E-state index contributed by atoms with van der Waals surface area (Å²) < 4.78 is 0. The number of amides is 1. The van der Waals surface area contributed by atoms with Crippen LogP contribution in [-0.2, 0) is 4.79 Å². The summed E-state index contributed by atoms with van der Waals surface area (Å²) in [5.74, 6) is 0.684. The minimum Gasteiger partial charge on any atom is -0.341 e. The van der Waals surface area contributed by atoms with Crippen LogP contribution in [0.2, 0.25) is 0 Å². The van der Waals surface area contributed by atoms with E-state index in [2.05, 4.69) is 27.7 Å². The van der Waals surface area contributed by atoms with Crippen LogP contribution in [0.15, 0.2) is 0 Å². The van der Waals surface area contributed by atoms with Crippen LogP contribution in [0.4, 0.5) is 0 Å². The van der Waals surface area contributed by atoms with Gasteiger partial charge >= 0.3 is 0 Å². The van der Waals surface area contributed by atoms with Crippen LogP contribution in [0.1, 0.15) is 34.1 Å². The van der Waals surface area contributed by atoms with Crippen molar-refractivity contribution < 1.29 is 4.79 Å². The van der Waals surface area contributed by atoms with E-state index in [1.54, 1.807) is 0 Å². The summed E-state index contributed by atoms with van der Waals surface area (Å²) >= 11 is 0. The van der Waals surface area contributed by atoms with Gasteiger partial charge in [-0.25, -0.2) is 0 Å². The first-order chi connectivity index (χ1) is 6.33. The van der Waals surface area contributed by atoms with Crippen molar-refractivity contribution >= 4 is 5.91 Å². The second kappa shape index (κ2) is 3.89. The summed E-state index contributed by atoms with van der Waals surface area (Å²) in [6, 6.07) is 0.124. The third-order valence-electron chi connectivity index (χ3n) is 2.95. The van der Waals surface area contributed by atoms with Gasteiger partial charge in [0.05, 0.1) is 0 Å². The lowest BCUT2D eigenvalue weighted by molar-refractivity contribution is -0.131. The third kappa shape index (κ3) is 2.47. The fourth-order valence-electron chi connectivity index (χ4n) is 1.83. The van der Waals surface area contributed by atoms with E-state index in [0.717, 1.165) is 13.1 Å². The predicted molar refractivity (Wildman–Crippen MR) is 57.8 cm³/mol. The first-order valence-corrected chi connectivity index (χ1v) is 5.36. The Morgan fingerprint density at radius 2 is 2.14 bits per heavy atom. The number of carbonyl (C=O) groups excluding carboxylic acids is 1. The average Bonchev–Trinajstić information content (AvgIpc) is 2.25. The molecule has 0 spiro atoms. The molecule has 3 nitrogen and oxygen atoms in total. The minimum absolute atomic E-state index is 0.0760. The summed E-state index contributed by atoms with van der Waals surface area (Å²) in [5.41, 5.74) is 6.05. The van der Waals surface area contributed by atoms with Crippen molar-refractivity contribution in [3.8, 4) is 0 Å². The Morgan fingerprint density at radius 1 is 1.57 bits per heavy atom. The lowest BCUT2D eigenvalue weighted by Crippen LogP contribution is -2.35. The van der Waals surface area contributed by atoms with Crippen LogP contribution >= 0.6 is 0 Å². The molecule has 1 rings (SSSR count). The lowest BCUT2D eigenvalue weighted by Gasteiger charge is -2.22. The van der Waals surface area contributed by atoms with Crippen molar-refractivity contribution in [3.05, 3.63) is 0 Å². The van der Waals surface area contributed by atoms with Crippen LogP contribution in [0.5, 0.6) is 0 Å². The molecule has 1 atom stereocenters. The normalized spacial score (nSPS) is 25.9. The second-order valence-electron chi connectivity index (χ2n) is 5.47. The van der Waals surface area contributed by atoms with Crippen LogP contribution < -0.4 is 5.73 Å². The van der Waals surface area contributed by atoms with Crippen LogP contribution in [0, 0.1) is 11.3 Å². The molecule has 0 aliphatic carbocycles. The maximum absolute atomic E-state index is 11.8. The van der Waals surface area contributed by atoms with Gasteiger partial charge in [0.1, 0.15) is 0 Å². The van der Waals surface area contributed by atoms with Crippen molar-refractivity contribution in [2.75, 3.05) is 13.1 Å². The van der Waals surface area contributed by atoms with Crippen LogP contribution in [0.3, 0.4) is 0 Å². The van der Waals surface area contributed by atoms with Gasteiger partial charge in [0, 0.05) is 25.6 Å². The monoisotopic (exact) mass is 198 g/mol. The van der Waals surface area contributed by atoms with Crippen molar-refractivity contribution in [1.82, 2.24) is 4.90 Å². The number of hydrogen-bond acceptors (Lipinski definition) is 2. The molecular formula is C11H22N2O. The number of hydrogen-bond donors (Lipinski definition) is 1. The van der Waals surface area contributed by atoms with Gasteiger partial charge < -0.3 is 10.6 Å². The van der Waals surface area contributed by atoms with Gasteiger partial charge in [0.15, 0.2) is 0 Å². The molecule has 0 aromatic heterocycles. The Balaban J connectivity index is 2.53. The highest BCUT2D eigenvalue weighted by molar-refractivity contribution is 5.76. The number of nitrogens with two attached hydrogens (primary N) is 1. The van der Waals surface area contributed by atoms with E-state index in [1.165, 1.54) is 0 Å². The molecule has 3 heteroatoms. The number of carbonyl (C=O) groups is 1. The summed E-state index contributed by atoms with van der Waals surface area (Å²) in [7, 11) is 0. The molecule has 0 aromatic rings. The molecule has 0 radical (unpaired) electrons. The highest BCUT2D eigenvalue weighted by atomic mass is 16.2. The first-order valence-electron chi connectivity index (χ1n) is 5.36. The number of likely N-dealkylation sites (tertiary alicyclic amines) is 1. The topological polar surface area (TPSA) is 46.3 Å². The van der Waals surface area contributed by atoms with Gasteiger partial charge in [-0.15, -0.1) is 0 Å². The smallest absolute Gasteiger partial charge is 0.222 e. The molecule has 1 unspecified atom stereocenters. The summed E-state index contributed by atoms with van der Waals surface area (Å²) in [6.45, 7) is 9.91. The third-order valence-corrected chi connectivity index (χ3v) is 2.95. The predicted octanol–water partition coefficient (Wildman–Crippen LogP) is 1.23. The van der Waals surface area contributed by atoms with Crippen LogP contribution in [-0.4, -0.2) is 29.9 Å². The average molecular weight is 198 g/mol. The highest BCUT2D eigenvalue weighted by Gasteiger charge is 2.38. The molecule has 0 bridgehead atoms. The van der Waals surface area contributed by atoms with E-state index >= 15 is 0 Å². The molecule has 2 N–H and O–H groups in total. The molecule has 0 aromatic carbocycles. The van der Waals surface area contributed by atoms with E-state index in [1.807, 2.05) is 4.90 Å². The van der Waals surface area contributed by atoms with Gasteiger partial charge in [0.2, 0.25) is 5.91 Å². The van der Waals surface area contributed by atoms with Crippen molar-refractivity contribution in [3.63, 3.8) is 0 Å². The Hall–Kier alpha value is -0.570. The summed E-state index contributed by atoms with van der Waals surface area (Å²) in [4.78, 5) is 13.7. The standard InChI is InChI=1S/C11H22N2O/c1-8(2)5-10(14)13-6-9(12)11(3,4)7-13/h8-9H,5-7,12H2,1-4H3. The molecule has 14 heavy (non-hydrogen) atoms. The summed E-state index contributed by atoms with van der Waals surface area (Å²) in [6.07, 6.45) is 0.642. The zero-order chi connectivity index (χ0) is 10.9. The highest BCUT2D eigenvalue weighted by Crippen LogP contribution is 2.28. The molecule has 1 aliphatic rings. The van der Waals surface area contributed by atoms with Gasteiger partial charge in [-0.2, -0.15) is 0 Å². The molecule has 1 aliphatic heterocycles. The zero-order valence-electron chi connectivity index (χ0n) is 9.71. The zero-order valence-corrected chi connectivity index (χ0v) is 9.71. The quantitative estimate of drug-likeness (QED) is 0.725. The minimum atomic E-state index is 0.0760. The molecule has 1 saturated heterocycles. The lowest BCUT2D eigenvalue weighted by atomic mass is 9.89. The number of rotatable bonds is 2.